The van der Waals surface area contributed by atoms with Gasteiger partial charge in [0.1, 0.15) is 11.5 Å². The number of benzene rings is 2. The fraction of sp³-hybridized carbons (Fsp3) is 0.316. The molecule has 0 aliphatic rings. The largest absolute Gasteiger partial charge is 0.495 e. The highest BCUT2D eigenvalue weighted by Gasteiger charge is 2.23. The summed E-state index contributed by atoms with van der Waals surface area (Å²) in [5.74, 6) is 0.565. The summed E-state index contributed by atoms with van der Waals surface area (Å²) in [6.45, 7) is 5.55. The van der Waals surface area contributed by atoms with E-state index in [-0.39, 0.29) is 4.90 Å². The highest BCUT2D eigenvalue weighted by atomic mass is 35.5. The average molecular weight is 427 g/mol. The highest BCUT2D eigenvalue weighted by Crippen LogP contribution is 2.27. The molecule has 2 aromatic carbocycles. The van der Waals surface area contributed by atoms with Crippen molar-refractivity contribution in [3.05, 3.63) is 47.0 Å². The lowest BCUT2D eigenvalue weighted by Gasteiger charge is -2.16. The summed E-state index contributed by atoms with van der Waals surface area (Å²) < 4.78 is 38.0. The van der Waals surface area contributed by atoms with Gasteiger partial charge in [0.15, 0.2) is 0 Å². The number of nitrogens with one attached hydrogen (secondary N) is 2. The monoisotopic (exact) mass is 426 g/mol. The Balaban J connectivity index is 2.09. The molecule has 1 amide bonds. The summed E-state index contributed by atoms with van der Waals surface area (Å²) >= 11 is 6.03. The van der Waals surface area contributed by atoms with E-state index in [1.165, 1.54) is 32.2 Å². The Hall–Kier alpha value is -2.29. The topological polar surface area (TPSA) is 93.7 Å². The summed E-state index contributed by atoms with van der Waals surface area (Å²) in [6.07, 6.45) is 0. The Labute approximate surface area is 170 Å². The molecule has 0 fully saturated rings. The number of hydrogen-bond acceptors (Lipinski definition) is 5. The number of methoxy groups -OCH3 is 1. The Morgan fingerprint density at radius 1 is 1.18 bits per heavy atom. The van der Waals surface area contributed by atoms with Crippen molar-refractivity contribution in [1.29, 1.82) is 0 Å². The number of hydrogen-bond donors (Lipinski definition) is 2. The third kappa shape index (κ3) is 5.37. The third-order valence-electron chi connectivity index (χ3n) is 3.90. The smallest absolute Gasteiger partial charge is 0.242 e. The number of carbonyl (C=O) groups is 1. The molecule has 0 spiro atoms. The maximum Gasteiger partial charge on any atom is 0.242 e. The SMILES string of the molecule is CCOc1ccc(S(=O)(=O)N[C@H](C)C(=O)Nc2ccc(OC)c(Cl)c2)cc1C. The van der Waals surface area contributed by atoms with Gasteiger partial charge in [-0.3, -0.25) is 4.79 Å². The molecule has 0 saturated carbocycles. The summed E-state index contributed by atoms with van der Waals surface area (Å²) in [4.78, 5) is 12.4. The predicted molar refractivity (Wildman–Crippen MR) is 109 cm³/mol. The van der Waals surface area contributed by atoms with Gasteiger partial charge in [-0.25, -0.2) is 8.42 Å². The molecule has 7 nitrogen and oxygen atoms in total. The Morgan fingerprint density at radius 2 is 1.86 bits per heavy atom. The molecular weight excluding hydrogens is 404 g/mol. The summed E-state index contributed by atoms with van der Waals surface area (Å²) in [7, 11) is -2.40. The molecule has 0 radical (unpaired) electrons. The lowest BCUT2D eigenvalue weighted by molar-refractivity contribution is -0.117. The zero-order valence-corrected chi connectivity index (χ0v) is 17.6. The van der Waals surface area contributed by atoms with Crippen molar-refractivity contribution in [2.75, 3.05) is 19.0 Å². The van der Waals surface area contributed by atoms with Crippen molar-refractivity contribution in [2.45, 2.75) is 31.7 Å². The zero-order valence-electron chi connectivity index (χ0n) is 16.1. The van der Waals surface area contributed by atoms with E-state index in [1.807, 2.05) is 6.92 Å². The fourth-order valence-corrected chi connectivity index (χ4v) is 4.00. The molecule has 0 saturated heterocycles. The first-order chi connectivity index (χ1) is 13.2. The normalized spacial score (nSPS) is 12.3. The Kier molecular flexibility index (Phi) is 7.29. The maximum atomic E-state index is 12.6. The van der Waals surface area contributed by atoms with Crippen LogP contribution in [0.1, 0.15) is 19.4 Å². The molecule has 9 heteroatoms. The van der Waals surface area contributed by atoms with Crippen LogP contribution in [-0.4, -0.2) is 34.1 Å². The first-order valence-electron chi connectivity index (χ1n) is 8.58. The summed E-state index contributed by atoms with van der Waals surface area (Å²) in [5, 5.41) is 2.95. The van der Waals surface area contributed by atoms with Gasteiger partial charge in [0, 0.05) is 5.69 Å². The number of carbonyl (C=O) groups excluding carboxylic acids is 1. The van der Waals surface area contributed by atoms with Gasteiger partial charge in [-0.05, 0) is 62.7 Å². The number of aryl methyl sites for hydroxylation is 1. The Bertz CT molecular complexity index is 963. The van der Waals surface area contributed by atoms with Crippen molar-refractivity contribution >= 4 is 33.2 Å². The first kappa shape index (κ1) is 22.0. The van der Waals surface area contributed by atoms with Crippen LogP contribution in [0.5, 0.6) is 11.5 Å². The fourth-order valence-electron chi connectivity index (χ4n) is 2.46. The van der Waals surface area contributed by atoms with E-state index in [0.717, 1.165) is 0 Å². The zero-order chi connectivity index (χ0) is 20.9. The molecular formula is C19H23ClN2O5S. The van der Waals surface area contributed by atoms with Crippen LogP contribution in [0.25, 0.3) is 0 Å². The van der Waals surface area contributed by atoms with E-state index in [9.17, 15) is 13.2 Å². The van der Waals surface area contributed by atoms with E-state index >= 15 is 0 Å². The summed E-state index contributed by atoms with van der Waals surface area (Å²) in [5.41, 5.74) is 1.12. The van der Waals surface area contributed by atoms with Crippen molar-refractivity contribution in [3.8, 4) is 11.5 Å². The van der Waals surface area contributed by atoms with Gasteiger partial charge in [0.25, 0.3) is 0 Å². The number of sulfonamides is 1. The molecule has 0 aliphatic carbocycles. The minimum atomic E-state index is -3.88. The third-order valence-corrected chi connectivity index (χ3v) is 5.73. The van der Waals surface area contributed by atoms with Crippen molar-refractivity contribution in [3.63, 3.8) is 0 Å². The second-order valence-electron chi connectivity index (χ2n) is 6.04. The van der Waals surface area contributed by atoms with E-state index in [2.05, 4.69) is 10.0 Å². The number of amides is 1. The lowest BCUT2D eigenvalue weighted by Crippen LogP contribution is -2.41. The van der Waals surface area contributed by atoms with Gasteiger partial charge in [-0.1, -0.05) is 11.6 Å². The molecule has 152 valence electrons. The predicted octanol–water partition coefficient (Wildman–Crippen LogP) is 3.36. The van der Waals surface area contributed by atoms with Gasteiger partial charge >= 0.3 is 0 Å². The molecule has 0 aromatic heterocycles. The van der Waals surface area contributed by atoms with Crippen LogP contribution in [0.3, 0.4) is 0 Å². The molecule has 0 heterocycles. The van der Waals surface area contributed by atoms with Gasteiger partial charge in [0.05, 0.1) is 29.7 Å². The van der Waals surface area contributed by atoms with Crippen molar-refractivity contribution in [2.24, 2.45) is 0 Å². The van der Waals surface area contributed by atoms with Crippen molar-refractivity contribution < 1.29 is 22.7 Å². The quantitative estimate of drug-likeness (QED) is 0.675. The van der Waals surface area contributed by atoms with Crippen LogP contribution < -0.4 is 19.5 Å². The number of anilines is 1. The molecule has 2 N–H and O–H groups in total. The second kappa shape index (κ2) is 9.27. The van der Waals surface area contributed by atoms with Crippen LogP contribution in [-0.2, 0) is 14.8 Å². The van der Waals surface area contributed by atoms with Crippen molar-refractivity contribution in [1.82, 2.24) is 4.72 Å². The molecule has 1 atom stereocenters. The number of rotatable bonds is 8. The van der Waals surface area contributed by atoms with Gasteiger partial charge < -0.3 is 14.8 Å². The number of halogens is 1. The van der Waals surface area contributed by atoms with Gasteiger partial charge in [0.2, 0.25) is 15.9 Å². The molecule has 0 unspecified atom stereocenters. The second-order valence-corrected chi connectivity index (χ2v) is 8.16. The number of ether oxygens (including phenoxy) is 2. The molecule has 0 aliphatic heterocycles. The first-order valence-corrected chi connectivity index (χ1v) is 10.4. The Morgan fingerprint density at radius 3 is 2.43 bits per heavy atom. The molecule has 2 aromatic rings. The highest BCUT2D eigenvalue weighted by molar-refractivity contribution is 7.89. The van der Waals surface area contributed by atoms with Gasteiger partial charge in [-0.2, -0.15) is 4.72 Å². The molecule has 2 rings (SSSR count). The molecule has 28 heavy (non-hydrogen) atoms. The average Bonchev–Trinajstić information content (AvgIpc) is 2.63. The van der Waals surface area contributed by atoms with Crippen LogP contribution in [0.4, 0.5) is 5.69 Å². The van der Waals surface area contributed by atoms with E-state index in [4.69, 9.17) is 21.1 Å². The van der Waals surface area contributed by atoms with Crippen LogP contribution in [0.2, 0.25) is 5.02 Å². The molecule has 0 bridgehead atoms. The minimum Gasteiger partial charge on any atom is -0.495 e. The van der Waals surface area contributed by atoms with E-state index < -0.39 is 22.0 Å². The minimum absolute atomic E-state index is 0.0561. The lowest BCUT2D eigenvalue weighted by atomic mass is 10.2. The van der Waals surface area contributed by atoms with Gasteiger partial charge in [-0.15, -0.1) is 0 Å². The van der Waals surface area contributed by atoms with Crippen LogP contribution in [0, 0.1) is 6.92 Å². The maximum absolute atomic E-state index is 12.6. The standard InChI is InChI=1S/C19H23ClN2O5S/c1-5-27-17-9-7-15(10-12(17)2)28(24,25)22-13(3)19(23)21-14-6-8-18(26-4)16(20)11-14/h6-11,13,22H,5H2,1-4H3,(H,21,23)/t13-/m1/s1. The summed E-state index contributed by atoms with van der Waals surface area (Å²) in [6, 6.07) is 8.27. The van der Waals surface area contributed by atoms with Crippen LogP contribution >= 0.6 is 11.6 Å². The van der Waals surface area contributed by atoms with E-state index in [1.54, 1.807) is 25.1 Å². The van der Waals surface area contributed by atoms with Crippen LogP contribution in [0.15, 0.2) is 41.3 Å². The van der Waals surface area contributed by atoms with E-state index in [0.29, 0.717) is 34.4 Å².